The van der Waals surface area contributed by atoms with Gasteiger partial charge < -0.3 is 48.0 Å². The minimum atomic E-state index is -1.12. The lowest BCUT2D eigenvalue weighted by Crippen LogP contribution is -2.16. The Morgan fingerprint density at radius 2 is 1.04 bits per heavy atom. The third kappa shape index (κ3) is 118. The number of nitrogens with zero attached hydrogens (tertiary/aromatic N) is 1. The van der Waals surface area contributed by atoms with Crippen LogP contribution in [0.5, 0.6) is 0 Å². The number of furan rings is 1. The van der Waals surface area contributed by atoms with Gasteiger partial charge in [-0.2, -0.15) is 0 Å². The van der Waals surface area contributed by atoms with Crippen LogP contribution >= 0.6 is 0 Å². The summed E-state index contributed by atoms with van der Waals surface area (Å²) in [6, 6.07) is 14.6. The molecule has 3 atom stereocenters. The van der Waals surface area contributed by atoms with Gasteiger partial charge >= 0.3 is 0 Å². The molecule has 5 rings (SSSR count). The molecule has 1 aromatic carbocycles. The van der Waals surface area contributed by atoms with Crippen LogP contribution in [0.2, 0.25) is 19.6 Å². The molecule has 0 bridgehead atoms. The van der Waals surface area contributed by atoms with E-state index in [1.54, 1.807) is 13.4 Å². The Hall–Kier alpha value is -2.78. The van der Waals surface area contributed by atoms with E-state index in [-0.39, 0.29) is 12.9 Å². The summed E-state index contributed by atoms with van der Waals surface area (Å²) >= 11 is 0. The summed E-state index contributed by atoms with van der Waals surface area (Å²) in [6.07, 6.45) is 38.6. The molecule has 3 heterocycles. The van der Waals surface area contributed by atoms with Gasteiger partial charge in [0.25, 0.3) is 0 Å². The second-order valence-electron chi connectivity index (χ2n) is 40.0. The predicted octanol–water partition coefficient (Wildman–Crippen LogP) is 30.2. The average molecular weight is 1660 g/mol. The second kappa shape index (κ2) is 88.5. The molecule has 0 radical (unpaired) electrons. The van der Waals surface area contributed by atoms with Crippen molar-refractivity contribution >= 4 is 8.07 Å². The maximum Gasteiger partial charge on any atom is 0.158 e. The molecule has 3 unspecified atom stereocenters. The summed E-state index contributed by atoms with van der Waals surface area (Å²) in [5.41, 5.74) is 7.22. The summed E-state index contributed by atoms with van der Waals surface area (Å²) in [5, 5.41) is 16.7. The molecule has 10 nitrogen and oxygen atoms in total. The topological polar surface area (TPSA) is 112 Å². The first-order valence-corrected chi connectivity index (χ1v) is 50.7. The average Bonchev–Trinajstić information content (AvgIpc) is 1.58. The van der Waals surface area contributed by atoms with Crippen molar-refractivity contribution in [2.75, 3.05) is 93.8 Å². The highest BCUT2D eigenvalue weighted by atomic mass is 28.3. The molecule has 0 amide bonds. The lowest BCUT2D eigenvalue weighted by Gasteiger charge is -2.13. The quantitative estimate of drug-likeness (QED) is 0.0292. The Bertz CT molecular complexity index is 2300. The number of unbranched alkanes of at least 4 members (excludes halogenated alkanes) is 6. The van der Waals surface area contributed by atoms with Gasteiger partial charge in [0.2, 0.25) is 0 Å². The SMILES string of the molecule is C#CCC(C)C.CC.CC(C)(C)CC#C[Si](C)(C)C.CC(C)=CC1C(CC(C)C)C1(C)C.CC(C)CC1CCCO1.CC(C)CC1OCCO1.CC(C)CCCCO.CC(C)CCCN(C)C.CC(C)CCOCCO.CC(C)Cc1ccccc1.CC(C)Cc1ccco1.CCCCCCCCC(C)C.COCCOCCC(C)C. The van der Waals surface area contributed by atoms with Crippen molar-refractivity contribution < 1.29 is 43.1 Å². The first-order chi connectivity index (χ1) is 54.2. The fourth-order valence-electron chi connectivity index (χ4n) is 11.3. The number of terminal acetylenes is 1. The maximum absolute atomic E-state index is 8.38. The van der Waals surface area contributed by atoms with E-state index >= 15 is 0 Å². The van der Waals surface area contributed by atoms with Gasteiger partial charge in [-0.1, -0.05) is 327 Å². The highest BCUT2D eigenvalue weighted by Crippen LogP contribution is 2.61. The number of aliphatic hydroxyl groups is 2. The predicted molar refractivity (Wildman–Crippen MR) is 521 cm³/mol. The lowest BCUT2D eigenvalue weighted by atomic mass is 9.93. The normalized spacial score (nSPS) is 15.0. The van der Waals surface area contributed by atoms with E-state index in [1.165, 1.54) is 120 Å². The van der Waals surface area contributed by atoms with Gasteiger partial charge in [-0.05, 0) is 204 Å². The molecule has 11 heteroatoms. The van der Waals surface area contributed by atoms with Gasteiger partial charge in [-0.25, -0.2) is 0 Å². The zero-order valence-corrected chi connectivity index (χ0v) is 86.2. The van der Waals surface area contributed by atoms with Crippen molar-refractivity contribution in [1.29, 1.82) is 0 Å². The van der Waals surface area contributed by atoms with E-state index < -0.39 is 8.07 Å². The number of allylic oxidation sites excluding steroid dienone is 2. The van der Waals surface area contributed by atoms with Crippen molar-refractivity contribution in [3.8, 4) is 23.8 Å². The molecule has 1 saturated carbocycles. The Balaban J connectivity index is -0.000000183. The van der Waals surface area contributed by atoms with Crippen LogP contribution in [0, 0.1) is 112 Å². The zero-order chi connectivity index (χ0) is 90.9. The van der Waals surface area contributed by atoms with E-state index in [9.17, 15) is 0 Å². The molecule has 2 aliphatic heterocycles. The zero-order valence-electron chi connectivity index (χ0n) is 85.2. The minimum absolute atomic E-state index is 0.0880. The molecule has 0 spiro atoms. The molecule has 1 aliphatic carbocycles. The third-order valence-corrected chi connectivity index (χ3v) is 18.8. The number of hydrogen-bond acceptors (Lipinski definition) is 10. The monoisotopic (exact) mass is 1660 g/mol. The highest BCUT2D eigenvalue weighted by molar-refractivity contribution is 6.83. The Labute approximate surface area is 730 Å². The van der Waals surface area contributed by atoms with Crippen LogP contribution in [0.15, 0.2) is 64.8 Å². The number of aliphatic hydroxyl groups excluding tert-OH is 2. The van der Waals surface area contributed by atoms with Gasteiger partial charge in [0.05, 0.1) is 52.0 Å². The number of rotatable bonds is 38. The second-order valence-corrected chi connectivity index (χ2v) is 44.7. The van der Waals surface area contributed by atoms with Crippen molar-refractivity contribution in [2.24, 2.45) is 87.8 Å². The number of benzene rings is 1. The molecular formula is C105H209NO9Si. The van der Waals surface area contributed by atoms with Gasteiger partial charge in [0.1, 0.15) is 13.8 Å². The number of ether oxygens (including phenoxy) is 6. The van der Waals surface area contributed by atoms with Gasteiger partial charge in [0, 0.05) is 59.2 Å². The molecule has 2 N–H and O–H groups in total. The summed E-state index contributed by atoms with van der Waals surface area (Å²) in [4.78, 5) is 2.24. The molecule has 2 saturated heterocycles. The Morgan fingerprint density at radius 3 is 1.41 bits per heavy atom. The van der Waals surface area contributed by atoms with E-state index in [0.29, 0.717) is 60.4 Å². The van der Waals surface area contributed by atoms with Gasteiger partial charge in [0.15, 0.2) is 6.29 Å². The van der Waals surface area contributed by atoms with Gasteiger partial charge in [-0.15, -0.1) is 23.8 Å². The molecular weight excluding hydrogens is 1450 g/mol. The lowest BCUT2D eigenvalue weighted by molar-refractivity contribution is -0.0541. The fraction of sp³-hybridized carbons (Fsp3) is 0.848. The van der Waals surface area contributed by atoms with Crippen molar-refractivity contribution in [3.63, 3.8) is 0 Å². The maximum atomic E-state index is 8.38. The van der Waals surface area contributed by atoms with E-state index in [2.05, 4.69) is 300 Å². The van der Waals surface area contributed by atoms with Crippen molar-refractivity contribution in [1.82, 2.24) is 4.90 Å². The van der Waals surface area contributed by atoms with Crippen LogP contribution in [0.3, 0.4) is 0 Å². The van der Waals surface area contributed by atoms with E-state index in [1.807, 2.05) is 26.0 Å². The van der Waals surface area contributed by atoms with E-state index in [4.69, 9.17) is 49.5 Å². The van der Waals surface area contributed by atoms with Crippen LogP contribution < -0.4 is 0 Å². The first kappa shape index (κ1) is 129. The Kier molecular flexibility index (Phi) is 98.3. The minimum Gasteiger partial charge on any atom is -0.469 e. The van der Waals surface area contributed by atoms with Crippen LogP contribution in [0.4, 0.5) is 0 Å². The Morgan fingerprint density at radius 1 is 0.560 bits per heavy atom. The summed E-state index contributed by atoms with van der Waals surface area (Å²) in [7, 11) is 4.82. The molecule has 116 heavy (non-hydrogen) atoms. The smallest absolute Gasteiger partial charge is 0.158 e. The highest BCUT2D eigenvalue weighted by Gasteiger charge is 2.55. The first-order valence-electron chi connectivity index (χ1n) is 47.2. The van der Waals surface area contributed by atoms with Crippen molar-refractivity contribution in [3.05, 3.63) is 71.7 Å². The van der Waals surface area contributed by atoms with Crippen LogP contribution in [-0.2, 0) is 41.3 Å². The van der Waals surface area contributed by atoms with Crippen LogP contribution in [0.1, 0.15) is 368 Å². The number of methoxy groups -OCH3 is 1. The summed E-state index contributed by atoms with van der Waals surface area (Å²) in [6.45, 7) is 85.7. The molecule has 2 aromatic rings. The molecule has 3 fully saturated rings. The number of hydrogen-bond donors (Lipinski definition) is 2. The van der Waals surface area contributed by atoms with Crippen LogP contribution in [-0.4, -0.2) is 129 Å². The van der Waals surface area contributed by atoms with Crippen LogP contribution in [0.25, 0.3) is 0 Å². The molecule has 1 aromatic heterocycles. The van der Waals surface area contributed by atoms with Crippen molar-refractivity contribution in [2.45, 2.75) is 401 Å². The summed E-state index contributed by atoms with van der Waals surface area (Å²) < 4.78 is 36.2. The molecule has 3 aliphatic rings. The molecule has 692 valence electrons. The third-order valence-electron chi connectivity index (χ3n) is 17.8. The largest absolute Gasteiger partial charge is 0.469 e. The van der Waals surface area contributed by atoms with Gasteiger partial charge in [-0.3, -0.25) is 0 Å². The standard InChI is InChI=1S/C13H24.C11H24.C10H20Si.C10H14.C8H19N.C8H18O2.C8H16O.C8H12O.C7H14O2.C7H16O2.C7H16O.C6H10.C2H6/c1-9(2)7-11-12(8-10(3)4)13(11,5)6;1-4-5-6-7-8-9-10-11(2)3;1-10(2,3)8-7-9-11(4,5)6;1-9(2)8-10-6-4-3-5-7-10;1-8(2)6-5-7-9(3)4;1-8(2)4-5-10-7-6-9-3;2*1-7(2)6-8-4-3-5-9-8;1-6(2)5-7-8-3-4-9-7;1-7(2)3-5-9-6-4-8;1-7(2)5-3-4-6-8;1-4-5-6(2)3;1-2/h7,10-12H,8H2,1-6H3;11H,4-10H2,1-3H3;8H2,1-6H3;3-7,9H,8H2,1-2H3;8H,5-7H2,1-4H3;8H,4-7H2,1-3H3;7-8H,3-6H2,1-2H3;3-5,7H,6H2,1-2H3;6-7H,3-5H2,1-2H3;7-8H,3-6H2,1-2H3;7-8H,3-6H2,1-2H3;1,6H,5H2,2-3H3;1-2H3. The van der Waals surface area contributed by atoms with E-state index in [0.717, 1.165) is 144 Å². The fourth-order valence-corrected chi connectivity index (χ4v) is 11.9. The summed E-state index contributed by atoms with van der Waals surface area (Å²) in [5.74, 6) is 17.2.